The zero-order valence-corrected chi connectivity index (χ0v) is 6.13. The zero-order valence-electron chi connectivity index (χ0n) is 6.13. The van der Waals surface area contributed by atoms with Crippen LogP contribution in [-0.2, 0) is 6.42 Å². The van der Waals surface area contributed by atoms with E-state index in [1.54, 1.807) is 6.07 Å². The summed E-state index contributed by atoms with van der Waals surface area (Å²) in [6.45, 7) is 1.96. The highest BCUT2D eigenvalue weighted by atomic mass is 16.6. The molecule has 0 N–H and O–H groups in total. The van der Waals surface area contributed by atoms with Crippen LogP contribution in [0.25, 0.3) is 0 Å². The van der Waals surface area contributed by atoms with Crippen LogP contribution < -0.4 is 0 Å². The van der Waals surface area contributed by atoms with Crippen molar-refractivity contribution in [3.05, 3.63) is 39.9 Å². The predicted octanol–water partition coefficient (Wildman–Crippen LogP) is 1.76. The van der Waals surface area contributed by atoms with Gasteiger partial charge in [0.25, 0.3) is 0 Å². The molecule has 1 aromatic carbocycles. The first-order valence-corrected chi connectivity index (χ1v) is 3.31. The fraction of sp³-hybridized carbons (Fsp3) is 0.250. The summed E-state index contributed by atoms with van der Waals surface area (Å²) >= 11 is 0. The summed E-state index contributed by atoms with van der Waals surface area (Å²) in [5, 5.41) is 10.2. The van der Waals surface area contributed by atoms with Crippen molar-refractivity contribution in [2.75, 3.05) is 0 Å². The molecule has 0 bridgehead atoms. The number of rotatable bonds is 2. The van der Waals surface area contributed by atoms with Crippen LogP contribution >= 0.6 is 0 Å². The van der Waals surface area contributed by atoms with Crippen LogP contribution in [0.4, 0.5) is 5.69 Å². The van der Waals surface area contributed by atoms with Gasteiger partial charge in [0.2, 0.25) is 0 Å². The molecule has 0 amide bonds. The standard InChI is InChI=1S/C8H7NO2/c1-2-7-3-5-8(6-4-7)9(10)11/h3,5H,2H2,1H3. The van der Waals surface area contributed by atoms with E-state index in [0.717, 1.165) is 12.0 Å². The van der Waals surface area contributed by atoms with E-state index in [0.29, 0.717) is 0 Å². The second kappa shape index (κ2) is 3.02. The number of aryl methyl sites for hydroxylation is 1. The molecule has 1 aromatic rings. The molecule has 0 heterocycles. The molecule has 3 nitrogen and oxygen atoms in total. The van der Waals surface area contributed by atoms with Gasteiger partial charge in [0.15, 0.2) is 0 Å². The normalized spacial score (nSPS) is 8.82. The van der Waals surface area contributed by atoms with E-state index in [1.807, 2.05) is 6.92 Å². The maximum Gasteiger partial charge on any atom is 0.319 e. The van der Waals surface area contributed by atoms with Gasteiger partial charge < -0.3 is 0 Å². The first kappa shape index (κ1) is 7.55. The molecule has 0 unspecified atom stereocenters. The Morgan fingerprint density at radius 3 is 2.64 bits per heavy atom. The van der Waals surface area contributed by atoms with E-state index < -0.39 is 4.92 Å². The average Bonchev–Trinajstić information content (AvgIpc) is 2.05. The van der Waals surface area contributed by atoms with Crippen molar-refractivity contribution < 1.29 is 4.92 Å². The van der Waals surface area contributed by atoms with Gasteiger partial charge in [0.05, 0.1) is 4.92 Å². The first-order chi connectivity index (χ1) is 5.24. The Kier molecular flexibility index (Phi) is 2.07. The Morgan fingerprint density at radius 1 is 1.55 bits per heavy atom. The van der Waals surface area contributed by atoms with Crippen LogP contribution in [-0.4, -0.2) is 4.92 Å². The third-order valence-corrected chi connectivity index (χ3v) is 1.37. The summed E-state index contributed by atoms with van der Waals surface area (Å²) < 4.78 is 0. The Labute approximate surface area is 64.8 Å². The van der Waals surface area contributed by atoms with Gasteiger partial charge in [0, 0.05) is 17.7 Å². The molecule has 56 valence electrons. The molecule has 0 spiro atoms. The Hall–Kier alpha value is -1.56. The molecule has 0 aliphatic rings. The minimum absolute atomic E-state index is 0.0257. The molecule has 0 saturated carbocycles. The second-order valence-electron chi connectivity index (χ2n) is 2.10. The van der Waals surface area contributed by atoms with Gasteiger partial charge in [0.1, 0.15) is 0 Å². The van der Waals surface area contributed by atoms with E-state index in [-0.39, 0.29) is 5.69 Å². The Bertz CT molecular complexity index is 253. The lowest BCUT2D eigenvalue weighted by Crippen LogP contribution is -1.86. The molecule has 11 heavy (non-hydrogen) atoms. The second-order valence-corrected chi connectivity index (χ2v) is 2.10. The molecule has 0 aliphatic carbocycles. The van der Waals surface area contributed by atoms with Crippen molar-refractivity contribution in [3.8, 4) is 0 Å². The summed E-state index contributed by atoms with van der Waals surface area (Å²) in [6.07, 6.45) is 0.828. The van der Waals surface area contributed by atoms with Crippen molar-refractivity contribution in [1.82, 2.24) is 0 Å². The first-order valence-electron chi connectivity index (χ1n) is 3.31. The van der Waals surface area contributed by atoms with Crippen LogP contribution in [0.1, 0.15) is 12.5 Å². The van der Waals surface area contributed by atoms with Gasteiger partial charge in [-0.25, -0.2) is 0 Å². The smallest absolute Gasteiger partial charge is 0.258 e. The van der Waals surface area contributed by atoms with E-state index in [2.05, 4.69) is 12.1 Å². The van der Waals surface area contributed by atoms with Crippen molar-refractivity contribution >= 4 is 5.69 Å². The van der Waals surface area contributed by atoms with E-state index >= 15 is 0 Å². The molecule has 0 atom stereocenters. The number of hydrogen-bond acceptors (Lipinski definition) is 2. The maximum absolute atomic E-state index is 10.2. The SMILES string of the molecule is CCc1c#cc([N+](=O)[O-])cc1. The van der Waals surface area contributed by atoms with Crippen LogP contribution in [0.3, 0.4) is 0 Å². The minimum atomic E-state index is -0.476. The topological polar surface area (TPSA) is 43.1 Å². The molecule has 0 fully saturated rings. The Morgan fingerprint density at radius 2 is 2.27 bits per heavy atom. The molecule has 0 radical (unpaired) electrons. The summed E-state index contributed by atoms with van der Waals surface area (Å²) in [6, 6.07) is 8.29. The number of hydrogen-bond donors (Lipinski definition) is 0. The summed E-state index contributed by atoms with van der Waals surface area (Å²) in [7, 11) is 0. The van der Waals surface area contributed by atoms with Gasteiger partial charge >= 0.3 is 5.69 Å². The largest absolute Gasteiger partial charge is 0.319 e. The molecule has 0 aliphatic heterocycles. The minimum Gasteiger partial charge on any atom is -0.258 e. The zero-order chi connectivity index (χ0) is 8.27. The predicted molar refractivity (Wildman–Crippen MR) is 40.1 cm³/mol. The van der Waals surface area contributed by atoms with Crippen molar-refractivity contribution in [2.45, 2.75) is 13.3 Å². The molecular weight excluding hydrogens is 142 g/mol. The van der Waals surface area contributed by atoms with Crippen LogP contribution in [0.5, 0.6) is 0 Å². The highest BCUT2D eigenvalue weighted by Gasteiger charge is 2.00. The lowest BCUT2D eigenvalue weighted by atomic mass is 10.2. The van der Waals surface area contributed by atoms with E-state index in [1.165, 1.54) is 6.07 Å². The van der Waals surface area contributed by atoms with Crippen molar-refractivity contribution in [2.24, 2.45) is 0 Å². The van der Waals surface area contributed by atoms with Crippen LogP contribution in [0.15, 0.2) is 12.1 Å². The third-order valence-electron chi connectivity index (χ3n) is 1.37. The maximum atomic E-state index is 10.2. The lowest BCUT2D eigenvalue weighted by Gasteiger charge is -1.88. The van der Waals surface area contributed by atoms with Crippen molar-refractivity contribution in [3.63, 3.8) is 0 Å². The third kappa shape index (κ3) is 1.68. The van der Waals surface area contributed by atoms with Gasteiger partial charge in [-0.3, -0.25) is 10.1 Å². The van der Waals surface area contributed by atoms with Gasteiger partial charge in [-0.1, -0.05) is 13.0 Å². The summed E-state index contributed by atoms with van der Waals surface area (Å²) in [5.41, 5.74) is 0.915. The highest BCUT2D eigenvalue weighted by Crippen LogP contribution is 2.06. The molecule has 0 aromatic heterocycles. The van der Waals surface area contributed by atoms with E-state index in [4.69, 9.17) is 0 Å². The fourth-order valence-electron chi connectivity index (χ4n) is 0.720. The van der Waals surface area contributed by atoms with Gasteiger partial charge in [-0.2, -0.15) is 0 Å². The number of nitro groups is 1. The molecular formula is C8H7NO2. The quantitative estimate of drug-likeness (QED) is 0.475. The lowest BCUT2D eigenvalue weighted by molar-refractivity contribution is -0.384. The molecule has 3 heteroatoms. The van der Waals surface area contributed by atoms with E-state index in [9.17, 15) is 10.1 Å². The molecule has 0 saturated heterocycles. The van der Waals surface area contributed by atoms with Gasteiger partial charge in [-0.15, -0.1) is 0 Å². The average molecular weight is 149 g/mol. The highest BCUT2D eigenvalue weighted by molar-refractivity contribution is 5.26. The molecule has 1 rings (SSSR count). The Balaban J connectivity index is 2.91. The number of nitrogens with zero attached hydrogens (tertiary/aromatic N) is 1. The monoisotopic (exact) mass is 149 g/mol. The fourth-order valence-corrected chi connectivity index (χ4v) is 0.720. The summed E-state index contributed by atoms with van der Waals surface area (Å²) in [4.78, 5) is 9.68. The summed E-state index contributed by atoms with van der Waals surface area (Å²) in [5.74, 6) is 0. The van der Waals surface area contributed by atoms with Crippen LogP contribution in [0.2, 0.25) is 0 Å². The van der Waals surface area contributed by atoms with Gasteiger partial charge in [-0.05, 0) is 12.5 Å². The van der Waals surface area contributed by atoms with Crippen molar-refractivity contribution in [1.29, 1.82) is 0 Å². The van der Waals surface area contributed by atoms with Crippen LogP contribution in [0, 0.1) is 22.2 Å².